The summed E-state index contributed by atoms with van der Waals surface area (Å²) in [6.45, 7) is 33.8. The van der Waals surface area contributed by atoms with Crippen LogP contribution >= 0.6 is 21.9 Å². The second kappa shape index (κ2) is 58.1. The van der Waals surface area contributed by atoms with Crippen LogP contribution in [0.2, 0.25) is 0 Å². The third-order valence-corrected chi connectivity index (χ3v) is 34.4. The Morgan fingerprint density at radius 2 is 0.364 bits per heavy atom. The van der Waals surface area contributed by atoms with Gasteiger partial charge in [-0.05, 0) is 0 Å². The van der Waals surface area contributed by atoms with Gasteiger partial charge in [0, 0.05) is 0 Å². The number of benzene rings is 3. The van der Waals surface area contributed by atoms with Gasteiger partial charge in [0.25, 0.3) is 0 Å². The van der Waals surface area contributed by atoms with Crippen LogP contribution in [-0.2, 0) is 16.2 Å². The van der Waals surface area contributed by atoms with E-state index < -0.39 is 38.1 Å². The Labute approximate surface area is 732 Å². The van der Waals surface area contributed by atoms with E-state index in [0.29, 0.717) is 42.4 Å². The molecule has 0 fully saturated rings. The Bertz CT molecular complexity index is 2940. The first-order valence-electron chi connectivity index (χ1n) is 51.0. The molecule has 0 saturated carbocycles. The first-order chi connectivity index (χ1) is 55.8. The molecule has 12 heteroatoms. The normalized spacial score (nSPS) is 14.4. The quantitative estimate of drug-likeness (QED) is 0.0196. The monoisotopic (exact) mass is 1710 g/mol. The minimum atomic E-state index is -5.46. The summed E-state index contributed by atoms with van der Waals surface area (Å²) in [6.07, 6.45) is 79.4. The van der Waals surface area contributed by atoms with Gasteiger partial charge in [0.15, 0.2) is 0 Å². The number of hydrogen-bond donors (Lipinski definition) is 9. The van der Waals surface area contributed by atoms with Gasteiger partial charge >= 0.3 is 523 Å². The van der Waals surface area contributed by atoms with Gasteiger partial charge in [0.1, 0.15) is 0 Å². The number of hydrogen-bond acceptors (Lipinski definition) is 9. The van der Waals surface area contributed by atoms with Crippen molar-refractivity contribution in [2.24, 2.45) is 0 Å². The van der Waals surface area contributed by atoms with Crippen LogP contribution in [0.5, 0.6) is 0 Å². The summed E-state index contributed by atoms with van der Waals surface area (Å²) in [6, 6.07) is 11.9. The molecular formula is C106H199O9P3. The van der Waals surface area contributed by atoms with E-state index in [-0.39, 0.29) is 46.2 Å². The Hall–Kier alpha value is -1.41. The number of aryl methyl sites for hydroxylation is 3. The predicted molar refractivity (Wildman–Crippen MR) is 527 cm³/mol. The summed E-state index contributed by atoms with van der Waals surface area (Å²) in [5, 5.41) is 0.670. The summed E-state index contributed by atoms with van der Waals surface area (Å²) in [5.74, 6) is -0.540. The Balaban J connectivity index is 1.87. The molecule has 0 amide bonds. The van der Waals surface area contributed by atoms with Crippen LogP contribution in [0, 0.1) is 20.8 Å². The molecule has 1 unspecified atom stereocenters. The fraction of sp³-hybridized carbons (Fsp3) is 0.830. The van der Waals surface area contributed by atoms with Crippen LogP contribution in [0.1, 0.15) is 563 Å². The van der Waals surface area contributed by atoms with E-state index in [0.717, 1.165) is 91.2 Å². The van der Waals surface area contributed by atoms with Gasteiger partial charge in [-0.1, -0.05) is 213 Å². The zero-order valence-corrected chi connectivity index (χ0v) is 83.5. The zero-order chi connectivity index (χ0) is 87.5. The molecule has 0 heterocycles. The van der Waals surface area contributed by atoms with Crippen LogP contribution in [0.4, 0.5) is 0 Å². The van der Waals surface area contributed by atoms with E-state index >= 15 is 0 Å². The Morgan fingerprint density at radius 3 is 0.525 bits per heavy atom. The molecule has 0 radical (unpaired) electrons. The fourth-order valence-electron chi connectivity index (χ4n) is 19.1. The molecule has 0 saturated heterocycles. The molecule has 0 aliphatic rings. The van der Waals surface area contributed by atoms with Gasteiger partial charge in [0.2, 0.25) is 0 Å². The van der Waals surface area contributed by atoms with E-state index in [1.165, 1.54) is 327 Å². The topological polar surface area (TPSA) is 182 Å². The molecule has 3 aromatic carbocycles. The second-order valence-corrected chi connectivity index (χ2v) is 51.6. The molecule has 9 N–H and O–H groups in total. The predicted octanol–water partition coefficient (Wildman–Crippen LogP) is 32.2. The van der Waals surface area contributed by atoms with Gasteiger partial charge in [0.05, 0.1) is 0 Å². The first-order valence-corrected chi connectivity index (χ1v) is 57.9. The average molecular weight is 1710 g/mol. The van der Waals surface area contributed by atoms with E-state index in [9.17, 15) is 44.0 Å². The summed E-state index contributed by atoms with van der Waals surface area (Å²) >= 11 is 0. The van der Waals surface area contributed by atoms with E-state index in [2.05, 4.69) is 108 Å². The average Bonchev–Trinajstić information content (AvgIpc) is 0.736. The molecule has 0 aliphatic carbocycles. The second-order valence-electron chi connectivity index (χ2n) is 42.0. The van der Waals surface area contributed by atoms with Gasteiger partial charge in [-0.3, -0.25) is 0 Å². The molecule has 3 aromatic rings. The summed E-state index contributed by atoms with van der Waals surface area (Å²) in [4.78, 5) is 112. The van der Waals surface area contributed by atoms with Crippen LogP contribution in [-0.4, -0.2) is 62.5 Å². The first kappa shape index (κ1) is 111. The standard InChI is InChI=1S/C106H199O9P3/c1-17-20-23-26-29-32-35-38-41-44-47-50-53-56-59-62-65-68-71-74-77-80-116(107,108,109)101-84-91(5)94(87-98(101)104(8,9)10)90(4)83-97(95-88-99(105(11,12)13)102(85-92(95)6)117(110,111,112)81-78-75-72-69-66-63-60-57-54-51-48-45-42-39-36-33-30-27-24-21-18-2)96-89-100(106(14,15)16)103(86-93(96)7)118(113,114,115)82-79-76-73-70-67-64-61-58-55-52-49-46-43-40-37-34-31-28-25-22-19-3/h84-90,97,107-115H,17-83H2,1-16H3. The van der Waals surface area contributed by atoms with Crippen molar-refractivity contribution < 1.29 is 44.0 Å². The van der Waals surface area contributed by atoms with Crippen molar-refractivity contribution in [2.75, 3.05) is 18.5 Å². The molecule has 0 aromatic heterocycles. The van der Waals surface area contributed by atoms with E-state index in [1.807, 2.05) is 39.0 Å². The zero-order valence-electron chi connectivity index (χ0n) is 80.9. The molecule has 692 valence electrons. The molecule has 9 nitrogen and oxygen atoms in total. The van der Waals surface area contributed by atoms with Crippen molar-refractivity contribution in [3.8, 4) is 0 Å². The van der Waals surface area contributed by atoms with Crippen LogP contribution in [0.15, 0.2) is 36.4 Å². The van der Waals surface area contributed by atoms with E-state index in [1.54, 1.807) is 0 Å². The van der Waals surface area contributed by atoms with E-state index in [4.69, 9.17) is 0 Å². The fourth-order valence-corrected chi connectivity index (χ4v) is 26.3. The maximum atomic E-state index is 12.5. The molecule has 0 bridgehead atoms. The van der Waals surface area contributed by atoms with Gasteiger partial charge in [-0.25, -0.2) is 0 Å². The molecule has 1 atom stereocenters. The van der Waals surface area contributed by atoms with Crippen LogP contribution in [0.25, 0.3) is 0 Å². The third-order valence-electron chi connectivity index (χ3n) is 26.9. The van der Waals surface area contributed by atoms with Gasteiger partial charge < -0.3 is 0 Å². The SMILES string of the molecule is CCCCCCCCCCCCCCCCCCCCCCCP(O)(O)(O)c1cc(C)c(C(C)CC(c2cc(C(C)(C)C)c(P(O)(O)(O)CCCCCCCCCCCCCCCCCCCCCCC)cc2C)c2cc(C(C)(C)C)c(P(O)(O)(O)CCCCCCCCCCCCCCCCCCCCCCC)cc2C)cc1C(C)(C)C. The summed E-state index contributed by atoms with van der Waals surface area (Å²) < 4.78 is 0. The number of unbranched alkanes of at least 4 members (excludes halogenated alkanes) is 60. The van der Waals surface area contributed by atoms with Gasteiger partial charge in [-0.2, -0.15) is 0 Å². The van der Waals surface area contributed by atoms with Crippen molar-refractivity contribution in [1.29, 1.82) is 0 Å². The number of rotatable bonds is 74. The summed E-state index contributed by atoms with van der Waals surface area (Å²) in [7, 11) is -16.3. The Morgan fingerprint density at radius 1 is 0.220 bits per heavy atom. The van der Waals surface area contributed by atoms with Crippen molar-refractivity contribution in [1.82, 2.24) is 0 Å². The molecule has 0 aliphatic heterocycles. The summed E-state index contributed by atoms with van der Waals surface area (Å²) in [5.41, 5.74) is 5.58. The van der Waals surface area contributed by atoms with Crippen molar-refractivity contribution in [2.45, 2.75) is 550 Å². The van der Waals surface area contributed by atoms with Gasteiger partial charge in [-0.15, -0.1) is 0 Å². The van der Waals surface area contributed by atoms with Crippen LogP contribution in [0.3, 0.4) is 0 Å². The minimum absolute atomic E-state index is 0.0833. The molecule has 0 spiro atoms. The molecular weight excluding hydrogens is 1510 g/mol. The molecule has 3 rings (SSSR count). The third kappa shape index (κ3) is 45.8. The maximum absolute atomic E-state index is 12.5. The van der Waals surface area contributed by atoms with Crippen molar-refractivity contribution >= 4 is 37.8 Å². The Kier molecular flexibility index (Phi) is 54.6. The molecule has 118 heavy (non-hydrogen) atoms. The van der Waals surface area contributed by atoms with Crippen molar-refractivity contribution in [3.05, 3.63) is 86.5 Å². The van der Waals surface area contributed by atoms with Crippen molar-refractivity contribution in [3.63, 3.8) is 0 Å². The van der Waals surface area contributed by atoms with Crippen LogP contribution < -0.4 is 15.9 Å².